The van der Waals surface area contributed by atoms with Crippen molar-refractivity contribution >= 4 is 8.32 Å². The van der Waals surface area contributed by atoms with Crippen molar-refractivity contribution in [3.8, 4) is 11.5 Å². The van der Waals surface area contributed by atoms with E-state index in [0.717, 1.165) is 32.8 Å². The molecule has 1 aliphatic rings. The van der Waals surface area contributed by atoms with Crippen LogP contribution >= 0.6 is 0 Å². The van der Waals surface area contributed by atoms with Crippen LogP contribution in [0.4, 0.5) is 0 Å². The fourth-order valence-electron chi connectivity index (χ4n) is 6.24. The minimum absolute atomic E-state index is 0.0851. The molecule has 0 radical (unpaired) electrons. The van der Waals surface area contributed by atoms with E-state index in [2.05, 4.69) is 33.9 Å². The quantitative estimate of drug-likeness (QED) is 0.133. The van der Waals surface area contributed by atoms with Gasteiger partial charge < -0.3 is 28.5 Å². The fourth-order valence-corrected chi connectivity index (χ4v) is 7.60. The highest BCUT2D eigenvalue weighted by atomic mass is 28.4. The predicted octanol–water partition coefficient (Wildman–Crippen LogP) is 6.01. The first kappa shape index (κ1) is 37.3. The standard InChI is InChI=1S/C39H50N2O8Si/c1-27-25-41(37(44)40(22-23-42)36(27)43)35-24-33(49-50(7,8)38(2,3)4)34(48-35)26-47-39(28-12-10-9-11-13-28,29-14-18-31(45-5)19-15-29)30-16-20-32(46-6)21-17-30/h9-21,25,33-35,42H,22-24,26H2,1-8H3/t33-,34+,35+/m0/s1. The molecule has 3 aromatic carbocycles. The highest BCUT2D eigenvalue weighted by molar-refractivity contribution is 6.74. The number of aliphatic hydroxyl groups excluding tert-OH is 1. The monoisotopic (exact) mass is 702 g/mol. The first-order chi connectivity index (χ1) is 23.7. The van der Waals surface area contributed by atoms with Crippen molar-refractivity contribution in [1.82, 2.24) is 9.13 Å². The Labute approximate surface area is 295 Å². The Morgan fingerprint density at radius 1 is 0.860 bits per heavy atom. The topological polar surface area (TPSA) is 110 Å². The van der Waals surface area contributed by atoms with Gasteiger partial charge in [0.05, 0.1) is 40.1 Å². The third kappa shape index (κ3) is 7.38. The van der Waals surface area contributed by atoms with Gasteiger partial charge in [0.15, 0.2) is 8.32 Å². The number of nitrogens with zero attached hydrogens (tertiary/aromatic N) is 2. The van der Waals surface area contributed by atoms with Gasteiger partial charge in [0, 0.05) is 18.2 Å². The molecule has 1 fully saturated rings. The van der Waals surface area contributed by atoms with Gasteiger partial charge in [-0.25, -0.2) is 4.79 Å². The van der Waals surface area contributed by atoms with Crippen LogP contribution in [0.5, 0.6) is 11.5 Å². The molecule has 1 N–H and O–H groups in total. The van der Waals surface area contributed by atoms with Crippen molar-refractivity contribution in [2.75, 3.05) is 27.4 Å². The Bertz CT molecular complexity index is 1800. The molecule has 0 amide bonds. The molecule has 2 heterocycles. The molecule has 0 bridgehead atoms. The van der Waals surface area contributed by atoms with Crippen LogP contribution in [0.3, 0.4) is 0 Å². The smallest absolute Gasteiger partial charge is 0.333 e. The van der Waals surface area contributed by atoms with Crippen LogP contribution in [0.15, 0.2) is 94.6 Å². The molecule has 1 saturated heterocycles. The van der Waals surface area contributed by atoms with Crippen molar-refractivity contribution in [3.63, 3.8) is 0 Å². The molecule has 11 heteroatoms. The second-order valence-electron chi connectivity index (χ2n) is 14.3. The van der Waals surface area contributed by atoms with Gasteiger partial charge in [-0.15, -0.1) is 0 Å². The molecule has 0 saturated carbocycles. The second-order valence-corrected chi connectivity index (χ2v) is 19.0. The molecule has 268 valence electrons. The third-order valence-corrected chi connectivity index (χ3v) is 14.6. The zero-order chi connectivity index (χ0) is 36.3. The van der Waals surface area contributed by atoms with E-state index in [0.29, 0.717) is 12.0 Å². The van der Waals surface area contributed by atoms with Crippen LogP contribution < -0.4 is 20.7 Å². The van der Waals surface area contributed by atoms with Crippen molar-refractivity contribution < 1.29 is 28.5 Å². The predicted molar refractivity (Wildman–Crippen MR) is 196 cm³/mol. The van der Waals surface area contributed by atoms with E-state index in [9.17, 15) is 14.7 Å². The summed E-state index contributed by atoms with van der Waals surface area (Å²) in [6, 6.07) is 25.7. The van der Waals surface area contributed by atoms with Gasteiger partial charge in [0.25, 0.3) is 5.56 Å². The molecule has 50 heavy (non-hydrogen) atoms. The lowest BCUT2D eigenvalue weighted by Crippen LogP contribution is -2.47. The summed E-state index contributed by atoms with van der Waals surface area (Å²) >= 11 is 0. The highest BCUT2D eigenvalue weighted by Crippen LogP contribution is 2.44. The average molecular weight is 703 g/mol. The van der Waals surface area contributed by atoms with Gasteiger partial charge in [-0.2, -0.15) is 0 Å². The Kier molecular flexibility index (Phi) is 11.2. The minimum Gasteiger partial charge on any atom is -0.497 e. The number of aliphatic hydroxyl groups is 1. The lowest BCUT2D eigenvalue weighted by atomic mass is 9.80. The molecule has 5 rings (SSSR count). The first-order valence-electron chi connectivity index (χ1n) is 17.0. The van der Waals surface area contributed by atoms with Crippen LogP contribution in [0.2, 0.25) is 18.1 Å². The number of ether oxygens (including phenoxy) is 4. The molecule has 1 aliphatic heterocycles. The van der Waals surface area contributed by atoms with E-state index in [1.165, 1.54) is 4.57 Å². The number of hydrogen-bond acceptors (Lipinski definition) is 8. The number of methoxy groups -OCH3 is 2. The Balaban J connectivity index is 1.62. The normalized spacial score (nSPS) is 18.3. The van der Waals surface area contributed by atoms with E-state index in [4.69, 9.17) is 23.4 Å². The Hall–Kier alpha value is -4.00. The van der Waals surface area contributed by atoms with Crippen molar-refractivity contribution in [2.45, 2.75) is 82.8 Å². The highest BCUT2D eigenvalue weighted by Gasteiger charge is 2.47. The maximum atomic E-state index is 13.6. The van der Waals surface area contributed by atoms with Crippen LogP contribution in [0.25, 0.3) is 0 Å². The van der Waals surface area contributed by atoms with Crippen molar-refractivity contribution in [2.24, 2.45) is 0 Å². The molecular weight excluding hydrogens is 653 g/mol. The molecule has 4 aromatic rings. The summed E-state index contributed by atoms with van der Waals surface area (Å²) in [5.74, 6) is 1.44. The van der Waals surface area contributed by atoms with Gasteiger partial charge in [0.1, 0.15) is 29.4 Å². The van der Waals surface area contributed by atoms with E-state index in [-0.39, 0.29) is 24.8 Å². The summed E-state index contributed by atoms with van der Waals surface area (Å²) in [6.45, 7) is 12.3. The Morgan fingerprint density at radius 2 is 1.40 bits per heavy atom. The van der Waals surface area contributed by atoms with Crippen molar-refractivity contribution in [1.29, 1.82) is 0 Å². The van der Waals surface area contributed by atoms with Crippen LogP contribution in [-0.2, 0) is 26.0 Å². The van der Waals surface area contributed by atoms with Crippen LogP contribution in [0, 0.1) is 6.92 Å². The maximum Gasteiger partial charge on any atom is 0.333 e. The average Bonchev–Trinajstić information content (AvgIpc) is 3.50. The van der Waals surface area contributed by atoms with Gasteiger partial charge in [-0.1, -0.05) is 75.4 Å². The zero-order valence-electron chi connectivity index (χ0n) is 30.3. The number of benzene rings is 3. The molecular formula is C39H50N2O8Si. The summed E-state index contributed by atoms with van der Waals surface area (Å²) in [5.41, 5.74) is 1.01. The summed E-state index contributed by atoms with van der Waals surface area (Å²) in [5, 5.41) is 9.52. The lowest BCUT2D eigenvalue weighted by molar-refractivity contribution is -0.0930. The zero-order valence-corrected chi connectivity index (χ0v) is 31.3. The largest absolute Gasteiger partial charge is 0.497 e. The Morgan fingerprint density at radius 3 is 1.90 bits per heavy atom. The van der Waals surface area contributed by atoms with E-state index < -0.39 is 43.6 Å². The van der Waals surface area contributed by atoms with Gasteiger partial charge in [-0.05, 0) is 66.0 Å². The maximum absolute atomic E-state index is 13.6. The first-order valence-corrected chi connectivity index (χ1v) is 19.9. The van der Waals surface area contributed by atoms with Crippen LogP contribution in [-0.4, -0.2) is 62.2 Å². The van der Waals surface area contributed by atoms with E-state index in [1.807, 2.05) is 78.9 Å². The summed E-state index contributed by atoms with van der Waals surface area (Å²) in [7, 11) is 0.949. The lowest BCUT2D eigenvalue weighted by Gasteiger charge is -2.40. The summed E-state index contributed by atoms with van der Waals surface area (Å²) in [4.78, 5) is 26.4. The number of hydrogen-bond donors (Lipinski definition) is 1. The molecule has 0 aliphatic carbocycles. The summed E-state index contributed by atoms with van der Waals surface area (Å²) < 4.78 is 34.5. The van der Waals surface area contributed by atoms with Gasteiger partial charge >= 0.3 is 5.69 Å². The fraction of sp³-hybridized carbons (Fsp3) is 0.436. The number of aromatic nitrogens is 2. The van der Waals surface area contributed by atoms with Gasteiger partial charge in [-0.3, -0.25) is 13.9 Å². The number of aryl methyl sites for hydroxylation is 1. The minimum atomic E-state index is -2.33. The number of rotatable bonds is 13. The van der Waals surface area contributed by atoms with E-state index >= 15 is 0 Å². The molecule has 10 nitrogen and oxygen atoms in total. The SMILES string of the molecule is COc1ccc(C(OC[C@H]2O[C@@H](n3cc(C)c(=O)n(CCO)c3=O)C[C@@H]2O[Si](C)(C)C(C)(C)C)(c2ccccc2)c2ccc(OC)cc2)cc1. The molecule has 0 unspecified atom stereocenters. The van der Waals surface area contributed by atoms with E-state index in [1.54, 1.807) is 27.3 Å². The third-order valence-electron chi connectivity index (χ3n) is 10.1. The van der Waals surface area contributed by atoms with Crippen molar-refractivity contribution in [3.05, 3.63) is 128 Å². The molecule has 0 spiro atoms. The van der Waals surface area contributed by atoms with Gasteiger partial charge in [0.2, 0.25) is 0 Å². The summed E-state index contributed by atoms with van der Waals surface area (Å²) in [6.07, 6.45) is 0.216. The van der Waals surface area contributed by atoms with Crippen LogP contribution in [0.1, 0.15) is 55.7 Å². The second kappa shape index (κ2) is 15.1. The molecule has 3 atom stereocenters. The molecule has 1 aromatic heterocycles.